The molecule has 3 aromatic rings. The van der Waals surface area contributed by atoms with E-state index in [1.54, 1.807) is 36.1 Å². The topological polar surface area (TPSA) is 118 Å². The molecule has 226 valence electrons. The summed E-state index contributed by atoms with van der Waals surface area (Å²) in [5, 5.41) is 7.95. The van der Waals surface area contributed by atoms with Crippen LogP contribution in [0.2, 0.25) is 5.02 Å². The number of rotatable bonds is 15. The number of fused-ring (bicyclic) bond motifs is 1. The second-order valence-electron chi connectivity index (χ2n) is 9.61. The third-order valence-electron chi connectivity index (χ3n) is 6.53. The Kier molecular flexibility index (Phi) is 13.0. The minimum absolute atomic E-state index is 0.249. The summed E-state index contributed by atoms with van der Waals surface area (Å²) in [6.45, 7) is 8.07. The van der Waals surface area contributed by atoms with Crippen molar-refractivity contribution in [1.29, 1.82) is 0 Å². The molecule has 42 heavy (non-hydrogen) atoms. The van der Waals surface area contributed by atoms with Crippen LogP contribution < -0.4 is 16.1 Å². The highest BCUT2D eigenvalue weighted by Crippen LogP contribution is 2.23. The summed E-state index contributed by atoms with van der Waals surface area (Å²) in [4.78, 5) is 45.0. The normalized spacial score (nSPS) is 12.5. The molecule has 0 saturated heterocycles. The number of amides is 4. The smallest absolute Gasteiger partial charge is 0.338 e. The monoisotopic (exact) mass is 598 g/mol. The highest BCUT2D eigenvalue weighted by Gasteiger charge is 2.32. The van der Waals surface area contributed by atoms with Crippen LogP contribution in [0.5, 0.6) is 0 Å². The predicted octanol–water partition coefficient (Wildman–Crippen LogP) is 4.55. The summed E-state index contributed by atoms with van der Waals surface area (Å²) in [5.74, 6) is -0.889. The standard InChI is InChI=1S/C31H39ClN4O6/c1-5-40-30(41-6-2)22(4)36(19-25-12-9-11-24-10-7-8-13-27(24)25)29(38)21(3)34-28(37)20-42-35-31(39)33-18-23-14-16-26(32)17-15-23/h7-17,21-22,30H,5-6,18-20H2,1-4H3,(H,34,37)(H2,33,35,39). The first-order valence-corrected chi connectivity index (χ1v) is 14.3. The van der Waals surface area contributed by atoms with Gasteiger partial charge in [-0.05, 0) is 61.7 Å². The number of ether oxygens (including phenoxy) is 2. The number of hydrogen-bond donors (Lipinski definition) is 3. The molecule has 0 aliphatic heterocycles. The second-order valence-corrected chi connectivity index (χ2v) is 10.0. The number of urea groups is 1. The van der Waals surface area contributed by atoms with E-state index in [9.17, 15) is 14.4 Å². The number of hydrogen-bond acceptors (Lipinski definition) is 6. The van der Waals surface area contributed by atoms with Gasteiger partial charge in [0.2, 0.25) is 11.8 Å². The Morgan fingerprint density at radius 3 is 2.26 bits per heavy atom. The Morgan fingerprint density at radius 1 is 0.905 bits per heavy atom. The molecule has 0 saturated carbocycles. The zero-order chi connectivity index (χ0) is 30.5. The second kappa shape index (κ2) is 16.7. The van der Waals surface area contributed by atoms with Gasteiger partial charge in [-0.1, -0.05) is 66.2 Å². The molecule has 2 unspecified atom stereocenters. The Hall–Kier alpha value is -3.70. The van der Waals surface area contributed by atoms with Crippen LogP contribution in [-0.2, 0) is 37.0 Å². The summed E-state index contributed by atoms with van der Waals surface area (Å²) < 4.78 is 11.6. The van der Waals surface area contributed by atoms with Crippen LogP contribution in [-0.4, -0.2) is 60.9 Å². The van der Waals surface area contributed by atoms with Crippen LogP contribution >= 0.6 is 11.6 Å². The van der Waals surface area contributed by atoms with Gasteiger partial charge >= 0.3 is 6.03 Å². The molecule has 3 aromatic carbocycles. The molecule has 0 spiro atoms. The first-order valence-electron chi connectivity index (χ1n) is 13.9. The quantitative estimate of drug-likeness (QED) is 0.175. The van der Waals surface area contributed by atoms with Crippen LogP contribution in [0.1, 0.15) is 38.8 Å². The molecule has 2 atom stereocenters. The Morgan fingerprint density at radius 2 is 1.57 bits per heavy atom. The van der Waals surface area contributed by atoms with Gasteiger partial charge < -0.3 is 25.0 Å². The van der Waals surface area contributed by atoms with Crippen molar-refractivity contribution < 1.29 is 28.7 Å². The SMILES string of the molecule is CCOC(OCC)C(C)N(Cc1cccc2ccccc12)C(=O)C(C)NC(=O)CONC(=O)NCc1ccc(Cl)cc1. The van der Waals surface area contributed by atoms with E-state index in [2.05, 4.69) is 16.1 Å². The van der Waals surface area contributed by atoms with E-state index in [1.807, 2.05) is 63.2 Å². The van der Waals surface area contributed by atoms with Crippen LogP contribution in [0.25, 0.3) is 10.8 Å². The van der Waals surface area contributed by atoms with E-state index in [0.29, 0.717) is 18.2 Å². The van der Waals surface area contributed by atoms with Gasteiger partial charge in [0, 0.05) is 31.3 Å². The van der Waals surface area contributed by atoms with Crippen molar-refractivity contribution in [3.8, 4) is 0 Å². The average Bonchev–Trinajstić information content (AvgIpc) is 2.98. The molecular formula is C31H39ClN4O6. The zero-order valence-electron chi connectivity index (χ0n) is 24.4. The van der Waals surface area contributed by atoms with Crippen molar-refractivity contribution >= 4 is 40.2 Å². The van der Waals surface area contributed by atoms with E-state index < -0.39 is 36.9 Å². The third-order valence-corrected chi connectivity index (χ3v) is 6.79. The van der Waals surface area contributed by atoms with Gasteiger partial charge in [0.1, 0.15) is 6.04 Å². The molecule has 0 aliphatic rings. The molecule has 3 rings (SSSR count). The van der Waals surface area contributed by atoms with Crippen molar-refractivity contribution in [3.63, 3.8) is 0 Å². The van der Waals surface area contributed by atoms with E-state index in [4.69, 9.17) is 25.9 Å². The maximum Gasteiger partial charge on any atom is 0.338 e. The summed E-state index contributed by atoms with van der Waals surface area (Å²) in [6.07, 6.45) is -0.652. The van der Waals surface area contributed by atoms with Gasteiger partial charge in [0.25, 0.3) is 0 Å². The Bertz CT molecular complexity index is 1310. The summed E-state index contributed by atoms with van der Waals surface area (Å²) in [7, 11) is 0. The lowest BCUT2D eigenvalue weighted by Gasteiger charge is -2.36. The molecule has 3 N–H and O–H groups in total. The van der Waals surface area contributed by atoms with E-state index in [0.717, 1.165) is 21.9 Å². The lowest BCUT2D eigenvalue weighted by atomic mass is 10.0. The number of carbonyl (C=O) groups is 3. The van der Waals surface area contributed by atoms with Crippen LogP contribution in [0.15, 0.2) is 66.7 Å². The fraction of sp³-hybridized carbons (Fsp3) is 0.387. The Labute approximate surface area is 251 Å². The number of benzene rings is 3. The number of hydroxylamine groups is 1. The molecule has 0 aromatic heterocycles. The average molecular weight is 599 g/mol. The van der Waals surface area contributed by atoms with Crippen molar-refractivity contribution in [2.24, 2.45) is 0 Å². The summed E-state index contributed by atoms with van der Waals surface area (Å²) in [5.41, 5.74) is 3.97. The predicted molar refractivity (Wildman–Crippen MR) is 161 cm³/mol. The zero-order valence-corrected chi connectivity index (χ0v) is 25.1. The van der Waals surface area contributed by atoms with Gasteiger partial charge in [-0.3, -0.25) is 14.4 Å². The van der Waals surface area contributed by atoms with Crippen LogP contribution in [0.4, 0.5) is 4.79 Å². The number of carbonyl (C=O) groups excluding carboxylic acids is 3. The van der Waals surface area contributed by atoms with E-state index in [-0.39, 0.29) is 19.0 Å². The first kappa shape index (κ1) is 32.8. The van der Waals surface area contributed by atoms with Gasteiger partial charge in [-0.2, -0.15) is 0 Å². The highest BCUT2D eigenvalue weighted by atomic mass is 35.5. The first-order chi connectivity index (χ1) is 20.2. The molecule has 4 amide bonds. The molecule has 0 aliphatic carbocycles. The van der Waals surface area contributed by atoms with Crippen LogP contribution in [0, 0.1) is 0 Å². The summed E-state index contributed by atoms with van der Waals surface area (Å²) in [6, 6.07) is 19.0. The van der Waals surface area contributed by atoms with Crippen molar-refractivity contribution in [1.82, 2.24) is 21.0 Å². The van der Waals surface area contributed by atoms with Gasteiger partial charge in [0.15, 0.2) is 12.9 Å². The molecule has 10 nitrogen and oxygen atoms in total. The molecule has 0 fully saturated rings. The van der Waals surface area contributed by atoms with E-state index in [1.165, 1.54) is 0 Å². The fourth-order valence-electron chi connectivity index (χ4n) is 4.42. The van der Waals surface area contributed by atoms with Gasteiger partial charge in [0.05, 0.1) is 6.04 Å². The van der Waals surface area contributed by atoms with Gasteiger partial charge in [-0.25, -0.2) is 10.3 Å². The van der Waals surface area contributed by atoms with E-state index >= 15 is 0 Å². The molecule has 0 radical (unpaired) electrons. The minimum Gasteiger partial charge on any atom is -0.351 e. The van der Waals surface area contributed by atoms with Crippen molar-refractivity contribution in [2.75, 3.05) is 19.8 Å². The number of nitrogens with one attached hydrogen (secondary N) is 3. The summed E-state index contributed by atoms with van der Waals surface area (Å²) >= 11 is 5.86. The number of nitrogens with zero attached hydrogens (tertiary/aromatic N) is 1. The lowest BCUT2D eigenvalue weighted by Crippen LogP contribution is -2.54. The highest BCUT2D eigenvalue weighted by molar-refractivity contribution is 6.30. The fourth-order valence-corrected chi connectivity index (χ4v) is 4.55. The van der Waals surface area contributed by atoms with Crippen molar-refractivity contribution in [2.45, 2.75) is 59.2 Å². The van der Waals surface area contributed by atoms with Crippen LogP contribution in [0.3, 0.4) is 0 Å². The number of halogens is 1. The molecule has 0 bridgehead atoms. The van der Waals surface area contributed by atoms with Gasteiger partial charge in [-0.15, -0.1) is 0 Å². The molecule has 11 heteroatoms. The lowest BCUT2D eigenvalue weighted by molar-refractivity contribution is -0.179. The third kappa shape index (κ3) is 9.70. The van der Waals surface area contributed by atoms with Crippen molar-refractivity contribution in [3.05, 3.63) is 82.9 Å². The minimum atomic E-state index is -0.888. The molecule has 0 heterocycles. The maximum absolute atomic E-state index is 13.8. The largest absolute Gasteiger partial charge is 0.351 e. The maximum atomic E-state index is 13.8. The Balaban J connectivity index is 1.61. The molecular weight excluding hydrogens is 560 g/mol.